The Labute approximate surface area is 73.4 Å². The van der Waals surface area contributed by atoms with E-state index in [1.165, 1.54) is 25.7 Å². The molecule has 0 bridgehead atoms. The van der Waals surface area contributed by atoms with Gasteiger partial charge < -0.3 is 4.43 Å². The smallest absolute Gasteiger partial charge is 0.146 e. The molecule has 0 aromatic carbocycles. The second kappa shape index (κ2) is 8.02. The Morgan fingerprint density at radius 1 is 1.45 bits per heavy atom. The molecule has 0 N–H and O–H groups in total. The van der Waals surface area contributed by atoms with E-state index >= 15 is 0 Å². The molecule has 0 aliphatic heterocycles. The lowest BCUT2D eigenvalue weighted by molar-refractivity contribution is 0.256. The van der Waals surface area contributed by atoms with Crippen LogP contribution >= 0.6 is 0 Å². The summed E-state index contributed by atoms with van der Waals surface area (Å²) in [6, 6.07) is 0. The third-order valence-electron chi connectivity index (χ3n) is 1.91. The van der Waals surface area contributed by atoms with Gasteiger partial charge in [0.15, 0.2) is 0 Å². The second-order valence-electron chi connectivity index (χ2n) is 2.86. The van der Waals surface area contributed by atoms with Crippen molar-refractivity contribution in [2.24, 2.45) is 0 Å². The van der Waals surface area contributed by atoms with E-state index in [2.05, 4.69) is 13.5 Å². The molecule has 0 radical (unpaired) electrons. The molecule has 0 heterocycles. The Morgan fingerprint density at radius 2 is 2.18 bits per heavy atom. The molecule has 0 aromatic rings. The van der Waals surface area contributed by atoms with Crippen LogP contribution < -0.4 is 0 Å². The van der Waals surface area contributed by atoms with Crippen molar-refractivity contribution in [2.45, 2.75) is 45.1 Å². The van der Waals surface area contributed by atoms with Crippen molar-refractivity contribution in [1.29, 1.82) is 0 Å². The van der Waals surface area contributed by atoms with Gasteiger partial charge in [-0.25, -0.2) is 0 Å². The van der Waals surface area contributed by atoms with Crippen molar-refractivity contribution in [3.63, 3.8) is 0 Å². The molecule has 0 aliphatic rings. The molecular weight excluding hydrogens is 152 g/mol. The third kappa shape index (κ3) is 6.32. The Hall–Kier alpha value is -0.0831. The molecule has 0 aromatic heterocycles. The fourth-order valence-electron chi connectivity index (χ4n) is 1.10. The number of rotatable bonds is 7. The fraction of sp³-hybridized carbons (Fsp3) is 0.778. The molecule has 0 saturated heterocycles. The summed E-state index contributed by atoms with van der Waals surface area (Å²) in [5, 5.41) is 0. The van der Waals surface area contributed by atoms with Gasteiger partial charge in [0.1, 0.15) is 10.5 Å². The fourth-order valence-corrected chi connectivity index (χ4v) is 1.53. The molecule has 0 aliphatic carbocycles. The van der Waals surface area contributed by atoms with Crippen LogP contribution in [0.3, 0.4) is 0 Å². The summed E-state index contributed by atoms with van der Waals surface area (Å²) in [4.78, 5) is 0. The minimum Gasteiger partial charge on any atom is -0.422 e. The summed E-state index contributed by atoms with van der Waals surface area (Å²) < 4.78 is 5.30. The zero-order valence-corrected chi connectivity index (χ0v) is 9.81. The summed E-state index contributed by atoms with van der Waals surface area (Å²) in [6.07, 6.45) is 8.69. The Bertz CT molecular complexity index is 93.6. The Morgan fingerprint density at radius 3 is 2.64 bits per heavy atom. The first-order chi connectivity index (χ1) is 5.35. The van der Waals surface area contributed by atoms with Gasteiger partial charge in [0, 0.05) is 0 Å². The van der Waals surface area contributed by atoms with Crippen LogP contribution in [0.15, 0.2) is 12.7 Å². The van der Waals surface area contributed by atoms with Crippen molar-refractivity contribution >= 4 is 10.5 Å². The van der Waals surface area contributed by atoms with Gasteiger partial charge in [0.2, 0.25) is 0 Å². The van der Waals surface area contributed by atoms with Gasteiger partial charge in [-0.3, -0.25) is 0 Å². The van der Waals surface area contributed by atoms with Crippen LogP contribution in [0.2, 0.25) is 0 Å². The molecule has 66 valence electrons. The van der Waals surface area contributed by atoms with E-state index in [9.17, 15) is 0 Å². The van der Waals surface area contributed by atoms with E-state index in [0.29, 0.717) is 6.10 Å². The highest BCUT2D eigenvalue weighted by Crippen LogP contribution is 2.07. The normalized spacial score (nSPS) is 13.2. The molecule has 0 amide bonds. The van der Waals surface area contributed by atoms with Crippen LogP contribution in [-0.4, -0.2) is 16.6 Å². The minimum atomic E-state index is 0.332. The van der Waals surface area contributed by atoms with Crippen LogP contribution in [0, 0.1) is 0 Å². The van der Waals surface area contributed by atoms with Crippen molar-refractivity contribution in [2.75, 3.05) is 0 Å². The highest BCUT2D eigenvalue weighted by atomic mass is 28.2. The first-order valence-corrected chi connectivity index (χ1v) is 5.32. The molecule has 1 atom stereocenters. The average Bonchev–Trinajstić information content (AvgIpc) is 2.05. The Balaban J connectivity index is 3.14. The van der Waals surface area contributed by atoms with Gasteiger partial charge >= 0.3 is 0 Å². The Kier molecular flexibility index (Phi) is 7.96. The van der Waals surface area contributed by atoms with Gasteiger partial charge in [-0.15, -0.1) is 6.58 Å². The monoisotopic (exact) mass is 172 g/mol. The van der Waals surface area contributed by atoms with E-state index in [4.69, 9.17) is 4.43 Å². The maximum atomic E-state index is 5.30. The van der Waals surface area contributed by atoms with Gasteiger partial charge in [0.25, 0.3) is 0 Å². The van der Waals surface area contributed by atoms with Crippen molar-refractivity contribution in [1.82, 2.24) is 0 Å². The first kappa shape index (κ1) is 10.9. The molecule has 0 fully saturated rings. The first-order valence-electron chi connectivity index (χ1n) is 4.50. The van der Waals surface area contributed by atoms with E-state index in [0.717, 1.165) is 16.9 Å². The van der Waals surface area contributed by atoms with Crippen LogP contribution in [0.25, 0.3) is 0 Å². The quantitative estimate of drug-likeness (QED) is 0.323. The maximum absolute atomic E-state index is 5.30. The topological polar surface area (TPSA) is 9.23 Å². The second-order valence-corrected chi connectivity index (χ2v) is 3.33. The largest absolute Gasteiger partial charge is 0.422 e. The molecule has 0 rings (SSSR count). The molecule has 0 spiro atoms. The van der Waals surface area contributed by atoms with Crippen LogP contribution in [0.4, 0.5) is 0 Å². The number of hydrogen-bond acceptors (Lipinski definition) is 1. The zero-order chi connectivity index (χ0) is 8.53. The molecular formula is C9H20OSi. The highest BCUT2D eigenvalue weighted by molar-refractivity contribution is 5.98. The van der Waals surface area contributed by atoms with E-state index in [1.807, 2.05) is 6.08 Å². The summed E-state index contributed by atoms with van der Waals surface area (Å²) in [5.41, 5.74) is 0. The van der Waals surface area contributed by atoms with Gasteiger partial charge in [-0.2, -0.15) is 0 Å². The van der Waals surface area contributed by atoms with Crippen LogP contribution in [-0.2, 0) is 4.43 Å². The average molecular weight is 172 g/mol. The molecule has 2 heteroatoms. The van der Waals surface area contributed by atoms with Gasteiger partial charge in [-0.05, 0) is 6.42 Å². The van der Waals surface area contributed by atoms with Crippen molar-refractivity contribution in [3.05, 3.63) is 12.7 Å². The molecule has 1 nitrogen and oxygen atoms in total. The molecule has 0 saturated carbocycles. The number of hydrogen-bond donors (Lipinski definition) is 0. The highest BCUT2D eigenvalue weighted by Gasteiger charge is 1.98. The molecule has 1 unspecified atom stereocenters. The minimum absolute atomic E-state index is 0.332. The standard InChI is InChI=1S/C9H20OSi/c1-3-5-6-7-8-9(4-2)10-11/h4,9H,2-3,5-8H2,1,11H3. The van der Waals surface area contributed by atoms with Gasteiger partial charge in [-0.1, -0.05) is 38.7 Å². The summed E-state index contributed by atoms with van der Waals surface area (Å²) in [6.45, 7) is 5.96. The predicted octanol–water partition coefficient (Wildman–Crippen LogP) is 1.81. The lowest BCUT2D eigenvalue weighted by Crippen LogP contribution is -2.06. The van der Waals surface area contributed by atoms with Crippen LogP contribution in [0.5, 0.6) is 0 Å². The van der Waals surface area contributed by atoms with E-state index < -0.39 is 0 Å². The number of unbranched alkanes of at least 4 members (excludes halogenated alkanes) is 3. The lowest BCUT2D eigenvalue weighted by Gasteiger charge is -2.09. The van der Waals surface area contributed by atoms with Crippen molar-refractivity contribution in [3.8, 4) is 0 Å². The predicted molar refractivity (Wildman–Crippen MR) is 53.8 cm³/mol. The SMILES string of the molecule is C=CC(CCCCCC)O[SiH3]. The van der Waals surface area contributed by atoms with Crippen molar-refractivity contribution < 1.29 is 4.43 Å². The summed E-state index contributed by atoms with van der Waals surface area (Å²) in [7, 11) is 0.830. The lowest BCUT2D eigenvalue weighted by atomic mass is 10.1. The molecule has 11 heavy (non-hydrogen) atoms. The maximum Gasteiger partial charge on any atom is 0.146 e. The summed E-state index contributed by atoms with van der Waals surface area (Å²) >= 11 is 0. The van der Waals surface area contributed by atoms with E-state index in [-0.39, 0.29) is 0 Å². The van der Waals surface area contributed by atoms with Crippen LogP contribution in [0.1, 0.15) is 39.0 Å². The third-order valence-corrected chi connectivity index (χ3v) is 2.51. The van der Waals surface area contributed by atoms with Gasteiger partial charge in [0.05, 0.1) is 6.10 Å². The van der Waals surface area contributed by atoms with E-state index in [1.54, 1.807) is 0 Å². The summed E-state index contributed by atoms with van der Waals surface area (Å²) in [5.74, 6) is 0. The zero-order valence-electron chi connectivity index (χ0n) is 7.81.